The first kappa shape index (κ1) is 14.0. The second kappa shape index (κ2) is 6.12. The third-order valence-corrected chi connectivity index (χ3v) is 3.52. The normalized spacial score (nSPS) is 18.1. The van der Waals surface area contributed by atoms with Crippen LogP contribution in [0.1, 0.15) is 17.3 Å². The third-order valence-electron chi connectivity index (χ3n) is 3.52. The number of halogens is 1. The molecule has 1 heterocycles. The summed E-state index contributed by atoms with van der Waals surface area (Å²) in [6.45, 7) is 5.32. The highest BCUT2D eigenvalue weighted by Crippen LogP contribution is 2.19. The number of Topliss-reactive ketones (excluding diaryl/α,β-unsaturated/α-hetero) is 1. The van der Waals surface area contributed by atoms with E-state index in [0.29, 0.717) is 5.56 Å². The number of piperazine rings is 1. The first-order chi connectivity index (χ1) is 9.13. The number of nitrogens with one attached hydrogen (secondary N) is 1. The molecule has 0 saturated carbocycles. The topological polar surface area (TPSA) is 41.6 Å². The van der Waals surface area contributed by atoms with Crippen molar-refractivity contribution in [2.75, 3.05) is 33.3 Å². The van der Waals surface area contributed by atoms with Gasteiger partial charge < -0.3 is 10.1 Å². The highest BCUT2D eigenvalue weighted by molar-refractivity contribution is 6.00. The Morgan fingerprint density at radius 2 is 2.11 bits per heavy atom. The fourth-order valence-electron chi connectivity index (χ4n) is 2.30. The predicted octanol–water partition coefficient (Wildman–Crippen LogP) is 1.31. The van der Waals surface area contributed by atoms with Gasteiger partial charge in [0.15, 0.2) is 17.3 Å². The van der Waals surface area contributed by atoms with Crippen molar-refractivity contribution in [3.05, 3.63) is 29.6 Å². The summed E-state index contributed by atoms with van der Waals surface area (Å²) in [5.74, 6) is -0.393. The van der Waals surface area contributed by atoms with Crippen molar-refractivity contribution in [3.8, 4) is 5.75 Å². The number of nitrogens with zero attached hydrogens (tertiary/aromatic N) is 1. The number of benzene rings is 1. The summed E-state index contributed by atoms with van der Waals surface area (Å²) in [7, 11) is 1.41. The minimum absolute atomic E-state index is 0.0524. The lowest BCUT2D eigenvalue weighted by molar-refractivity contribution is 0.0819. The second-order valence-electron chi connectivity index (χ2n) is 4.68. The van der Waals surface area contributed by atoms with Crippen LogP contribution in [-0.2, 0) is 0 Å². The molecule has 5 heteroatoms. The Labute approximate surface area is 112 Å². The van der Waals surface area contributed by atoms with Crippen molar-refractivity contribution < 1.29 is 13.9 Å². The summed E-state index contributed by atoms with van der Waals surface area (Å²) in [6, 6.07) is 4.13. The monoisotopic (exact) mass is 266 g/mol. The maximum atomic E-state index is 13.6. The van der Waals surface area contributed by atoms with E-state index in [0.717, 1.165) is 26.2 Å². The van der Waals surface area contributed by atoms with Crippen LogP contribution in [0.3, 0.4) is 0 Å². The first-order valence-corrected chi connectivity index (χ1v) is 6.46. The summed E-state index contributed by atoms with van der Waals surface area (Å²) in [6.07, 6.45) is 0. The molecule has 1 aliphatic heterocycles. The molecule has 1 N–H and O–H groups in total. The molecule has 1 aromatic carbocycles. The Balaban J connectivity index is 2.12. The van der Waals surface area contributed by atoms with Crippen molar-refractivity contribution in [2.45, 2.75) is 13.0 Å². The lowest BCUT2D eigenvalue weighted by Crippen LogP contribution is -2.50. The Morgan fingerprint density at radius 3 is 2.68 bits per heavy atom. The molecular weight excluding hydrogens is 247 g/mol. The fraction of sp³-hybridized carbons (Fsp3) is 0.500. The van der Waals surface area contributed by atoms with Crippen molar-refractivity contribution in [3.63, 3.8) is 0 Å². The molecule has 1 saturated heterocycles. The average Bonchev–Trinajstić information content (AvgIpc) is 2.46. The number of hydrogen-bond donors (Lipinski definition) is 1. The van der Waals surface area contributed by atoms with Crippen molar-refractivity contribution in [2.24, 2.45) is 0 Å². The van der Waals surface area contributed by atoms with Crippen LogP contribution >= 0.6 is 0 Å². The Morgan fingerprint density at radius 1 is 1.42 bits per heavy atom. The van der Waals surface area contributed by atoms with E-state index in [2.05, 4.69) is 10.2 Å². The minimum atomic E-state index is -0.499. The Kier molecular flexibility index (Phi) is 4.50. The molecule has 4 nitrogen and oxygen atoms in total. The summed E-state index contributed by atoms with van der Waals surface area (Å²) in [5.41, 5.74) is 0.393. The zero-order chi connectivity index (χ0) is 13.8. The zero-order valence-corrected chi connectivity index (χ0v) is 11.3. The smallest absolute Gasteiger partial charge is 0.179 e. The highest BCUT2D eigenvalue weighted by Gasteiger charge is 2.24. The maximum Gasteiger partial charge on any atom is 0.179 e. The van der Waals surface area contributed by atoms with Gasteiger partial charge in [0.25, 0.3) is 0 Å². The van der Waals surface area contributed by atoms with E-state index in [1.54, 1.807) is 6.07 Å². The van der Waals surface area contributed by atoms with Gasteiger partial charge in [0.05, 0.1) is 13.2 Å². The van der Waals surface area contributed by atoms with Crippen molar-refractivity contribution >= 4 is 5.78 Å². The molecule has 0 aliphatic carbocycles. The molecule has 1 aromatic rings. The molecule has 1 fully saturated rings. The molecule has 1 aliphatic rings. The van der Waals surface area contributed by atoms with Crippen LogP contribution in [0.2, 0.25) is 0 Å². The van der Waals surface area contributed by atoms with E-state index in [9.17, 15) is 9.18 Å². The van der Waals surface area contributed by atoms with Gasteiger partial charge in [-0.3, -0.25) is 9.69 Å². The van der Waals surface area contributed by atoms with Crippen LogP contribution in [0.15, 0.2) is 18.2 Å². The lowest BCUT2D eigenvalue weighted by Gasteiger charge is -2.31. The van der Waals surface area contributed by atoms with E-state index in [-0.39, 0.29) is 17.6 Å². The predicted molar refractivity (Wildman–Crippen MR) is 71.2 cm³/mol. The first-order valence-electron chi connectivity index (χ1n) is 6.46. The van der Waals surface area contributed by atoms with Crippen molar-refractivity contribution in [1.82, 2.24) is 10.2 Å². The molecule has 1 atom stereocenters. The molecule has 0 spiro atoms. The number of ketones is 1. The number of carbonyl (C=O) groups excluding carboxylic acids is 1. The van der Waals surface area contributed by atoms with Gasteiger partial charge in [0.2, 0.25) is 0 Å². The number of hydrogen-bond acceptors (Lipinski definition) is 4. The number of rotatable bonds is 4. The SMILES string of the molecule is COc1ccc(C(=O)C(C)N2CCNCC2)cc1F. The van der Waals surface area contributed by atoms with E-state index < -0.39 is 5.82 Å². The fourth-order valence-corrected chi connectivity index (χ4v) is 2.30. The van der Waals surface area contributed by atoms with Crippen LogP contribution in [0.4, 0.5) is 4.39 Å². The largest absolute Gasteiger partial charge is 0.494 e. The number of methoxy groups -OCH3 is 1. The molecule has 104 valence electrons. The summed E-state index contributed by atoms with van der Waals surface area (Å²) in [5, 5.41) is 3.24. The molecule has 1 unspecified atom stereocenters. The number of carbonyl (C=O) groups is 1. The van der Waals surface area contributed by atoms with Gasteiger partial charge >= 0.3 is 0 Å². The molecule has 0 bridgehead atoms. The Hall–Kier alpha value is -1.46. The number of ether oxygens (including phenoxy) is 1. The average molecular weight is 266 g/mol. The van der Waals surface area contributed by atoms with Gasteiger partial charge in [0.1, 0.15) is 0 Å². The van der Waals surface area contributed by atoms with Gasteiger partial charge in [0, 0.05) is 31.7 Å². The molecule has 0 radical (unpaired) electrons. The standard InChI is InChI=1S/C14H19FN2O2/c1-10(17-7-5-16-6-8-17)14(18)11-3-4-13(19-2)12(15)9-11/h3-4,9-10,16H,5-8H2,1-2H3. The van der Waals surface area contributed by atoms with Crippen LogP contribution < -0.4 is 10.1 Å². The molecule has 2 rings (SSSR count). The lowest BCUT2D eigenvalue weighted by atomic mass is 10.0. The third kappa shape index (κ3) is 3.11. The molecular formula is C14H19FN2O2. The van der Waals surface area contributed by atoms with Gasteiger partial charge in [-0.15, -0.1) is 0 Å². The molecule has 0 aromatic heterocycles. The summed E-state index contributed by atoms with van der Waals surface area (Å²) < 4.78 is 18.5. The highest BCUT2D eigenvalue weighted by atomic mass is 19.1. The van der Waals surface area contributed by atoms with E-state index >= 15 is 0 Å². The van der Waals surface area contributed by atoms with Gasteiger partial charge in [-0.2, -0.15) is 0 Å². The van der Waals surface area contributed by atoms with Crippen LogP contribution in [0.5, 0.6) is 5.75 Å². The van der Waals surface area contributed by atoms with E-state index in [1.165, 1.54) is 19.2 Å². The summed E-state index contributed by atoms with van der Waals surface area (Å²) in [4.78, 5) is 14.4. The zero-order valence-electron chi connectivity index (χ0n) is 11.3. The van der Waals surface area contributed by atoms with Crippen molar-refractivity contribution in [1.29, 1.82) is 0 Å². The van der Waals surface area contributed by atoms with Gasteiger partial charge in [-0.25, -0.2) is 4.39 Å². The maximum absolute atomic E-state index is 13.6. The van der Waals surface area contributed by atoms with Gasteiger partial charge in [-0.05, 0) is 25.1 Å². The van der Waals surface area contributed by atoms with Gasteiger partial charge in [-0.1, -0.05) is 0 Å². The van der Waals surface area contributed by atoms with Crippen LogP contribution in [0, 0.1) is 5.82 Å². The van der Waals surface area contributed by atoms with E-state index in [1.807, 2.05) is 6.92 Å². The summed E-state index contributed by atoms with van der Waals surface area (Å²) >= 11 is 0. The van der Waals surface area contributed by atoms with Crippen LogP contribution in [0.25, 0.3) is 0 Å². The second-order valence-corrected chi connectivity index (χ2v) is 4.68. The van der Waals surface area contributed by atoms with Crippen LogP contribution in [-0.4, -0.2) is 50.0 Å². The molecule has 19 heavy (non-hydrogen) atoms. The Bertz CT molecular complexity index is 459. The minimum Gasteiger partial charge on any atom is -0.494 e. The molecule has 0 amide bonds. The quantitative estimate of drug-likeness (QED) is 0.834. The van der Waals surface area contributed by atoms with E-state index in [4.69, 9.17) is 4.74 Å².